The van der Waals surface area contributed by atoms with E-state index in [2.05, 4.69) is 62.5 Å². The standard InChI is InChI=1S/C49H90NO9P/c1-3-5-7-9-11-13-15-17-19-21-23-25-27-29-31-33-35-37-39-41-48(51)59-46(44-57-60(54,55)58-45-47(50)49(52)53)43-56-42-40-38-36-34-32-30-28-26-24-22-20-18-16-14-12-10-8-6-4-2/h11,13,17,19-20,22-23,25,46-47H,3-10,12,14-16,18,21,24,26-45,50H2,1-2H3,(H,52,53)(H,54,55)/b13-11-,19-17-,22-20-,25-23-. The Labute approximate surface area is 367 Å². The number of carboxylic acid groups (broad SMARTS) is 1. The van der Waals surface area contributed by atoms with Crippen LogP contribution in [-0.4, -0.2) is 60.5 Å². The van der Waals surface area contributed by atoms with Gasteiger partial charge in [0.1, 0.15) is 12.1 Å². The molecule has 0 fully saturated rings. The molecule has 0 bridgehead atoms. The van der Waals surface area contributed by atoms with Crippen LogP contribution in [-0.2, 0) is 32.7 Å². The summed E-state index contributed by atoms with van der Waals surface area (Å²) in [5.41, 5.74) is 5.37. The molecule has 0 aromatic carbocycles. The van der Waals surface area contributed by atoms with Gasteiger partial charge in [-0.3, -0.25) is 18.6 Å². The van der Waals surface area contributed by atoms with Crippen molar-refractivity contribution >= 4 is 19.8 Å². The topological polar surface area (TPSA) is 155 Å². The van der Waals surface area contributed by atoms with Gasteiger partial charge in [0.25, 0.3) is 0 Å². The molecule has 0 aliphatic carbocycles. The summed E-state index contributed by atoms with van der Waals surface area (Å²) in [7, 11) is -4.63. The van der Waals surface area contributed by atoms with Crippen LogP contribution in [0.25, 0.3) is 0 Å². The Hall–Kier alpha value is -2.07. The van der Waals surface area contributed by atoms with E-state index in [1.165, 1.54) is 116 Å². The van der Waals surface area contributed by atoms with Crippen molar-refractivity contribution < 1.29 is 42.7 Å². The Morgan fingerprint density at radius 1 is 0.533 bits per heavy atom. The maximum absolute atomic E-state index is 12.7. The monoisotopic (exact) mass is 868 g/mol. The van der Waals surface area contributed by atoms with Gasteiger partial charge < -0.3 is 25.2 Å². The van der Waals surface area contributed by atoms with Crippen LogP contribution in [0.1, 0.15) is 213 Å². The molecule has 0 saturated heterocycles. The summed E-state index contributed by atoms with van der Waals surface area (Å²) in [6, 6.07) is -1.48. The fraction of sp³-hybridized carbons (Fsp3) is 0.796. The number of hydrogen-bond donors (Lipinski definition) is 3. The molecule has 0 heterocycles. The number of allylic oxidation sites excluding steroid dienone is 8. The number of carbonyl (C=O) groups is 2. The SMILES string of the molecule is CCCCC/C=C\C/C=C\C/C=C\CCCCCCCCC(=O)OC(COCCCCCCCCCC/C=C\CCCCCCCCC)COP(=O)(O)OCC(N)C(=O)O. The van der Waals surface area contributed by atoms with Crippen LogP contribution in [0.3, 0.4) is 0 Å². The van der Waals surface area contributed by atoms with Crippen LogP contribution in [0.15, 0.2) is 48.6 Å². The minimum atomic E-state index is -4.63. The second-order valence-corrected chi connectivity index (χ2v) is 17.7. The van der Waals surface area contributed by atoms with Gasteiger partial charge in [0.05, 0.1) is 19.8 Å². The third-order valence-electron chi connectivity index (χ3n) is 10.3. The fourth-order valence-electron chi connectivity index (χ4n) is 6.55. The average Bonchev–Trinajstić information content (AvgIpc) is 3.23. The highest BCUT2D eigenvalue weighted by molar-refractivity contribution is 7.47. The zero-order valence-corrected chi connectivity index (χ0v) is 39.2. The average molecular weight is 868 g/mol. The molecule has 4 N–H and O–H groups in total. The number of phosphoric acid groups is 1. The predicted octanol–water partition coefficient (Wildman–Crippen LogP) is 13.8. The molecule has 0 saturated carbocycles. The molecule has 3 unspecified atom stereocenters. The van der Waals surface area contributed by atoms with Crippen molar-refractivity contribution in [3.05, 3.63) is 48.6 Å². The molecule has 60 heavy (non-hydrogen) atoms. The first-order valence-electron chi connectivity index (χ1n) is 24.2. The van der Waals surface area contributed by atoms with E-state index in [9.17, 15) is 19.0 Å². The van der Waals surface area contributed by atoms with Gasteiger partial charge in [-0.05, 0) is 77.0 Å². The van der Waals surface area contributed by atoms with Crippen LogP contribution < -0.4 is 5.73 Å². The Morgan fingerprint density at radius 3 is 1.42 bits per heavy atom. The second-order valence-electron chi connectivity index (χ2n) is 16.2. The molecule has 0 aromatic heterocycles. The van der Waals surface area contributed by atoms with Crippen LogP contribution in [0.4, 0.5) is 0 Å². The molecule has 3 atom stereocenters. The third kappa shape index (κ3) is 44.0. The summed E-state index contributed by atoms with van der Waals surface area (Å²) < 4.78 is 33.4. The normalized spacial score (nSPS) is 14.2. The van der Waals surface area contributed by atoms with E-state index in [4.69, 9.17) is 29.4 Å². The van der Waals surface area contributed by atoms with Gasteiger partial charge in [-0.2, -0.15) is 0 Å². The molecule has 0 radical (unpaired) electrons. The molecule has 0 aliphatic rings. The lowest BCUT2D eigenvalue weighted by Crippen LogP contribution is -2.34. The summed E-state index contributed by atoms with van der Waals surface area (Å²) in [4.78, 5) is 33.6. The molecule has 0 aliphatic heterocycles. The quantitative estimate of drug-likeness (QED) is 0.0233. The number of nitrogens with two attached hydrogens (primary N) is 1. The lowest BCUT2D eigenvalue weighted by molar-refractivity contribution is -0.154. The van der Waals surface area contributed by atoms with E-state index < -0.39 is 45.1 Å². The first kappa shape index (κ1) is 57.9. The van der Waals surface area contributed by atoms with Crippen molar-refractivity contribution in [2.24, 2.45) is 5.73 Å². The Morgan fingerprint density at radius 2 is 0.917 bits per heavy atom. The highest BCUT2D eigenvalue weighted by Gasteiger charge is 2.27. The van der Waals surface area contributed by atoms with E-state index in [1.54, 1.807) is 0 Å². The van der Waals surface area contributed by atoms with Crippen molar-refractivity contribution in [2.45, 2.75) is 225 Å². The highest BCUT2D eigenvalue weighted by atomic mass is 31.2. The van der Waals surface area contributed by atoms with E-state index in [-0.39, 0.29) is 13.0 Å². The van der Waals surface area contributed by atoms with Gasteiger partial charge in [0.2, 0.25) is 0 Å². The van der Waals surface area contributed by atoms with E-state index in [0.29, 0.717) is 13.0 Å². The molecular weight excluding hydrogens is 778 g/mol. The largest absolute Gasteiger partial charge is 0.480 e. The van der Waals surface area contributed by atoms with Crippen molar-refractivity contribution in [3.63, 3.8) is 0 Å². The lowest BCUT2D eigenvalue weighted by Gasteiger charge is -2.20. The van der Waals surface area contributed by atoms with Gasteiger partial charge in [-0.1, -0.05) is 178 Å². The van der Waals surface area contributed by atoms with Gasteiger partial charge in [0, 0.05) is 13.0 Å². The lowest BCUT2D eigenvalue weighted by atomic mass is 10.1. The summed E-state index contributed by atoms with van der Waals surface area (Å²) in [5.74, 6) is -1.79. The van der Waals surface area contributed by atoms with Gasteiger partial charge >= 0.3 is 19.8 Å². The summed E-state index contributed by atoms with van der Waals surface area (Å²) in [6.45, 7) is 3.85. The van der Waals surface area contributed by atoms with Crippen molar-refractivity contribution in [3.8, 4) is 0 Å². The minimum Gasteiger partial charge on any atom is -0.480 e. The molecule has 0 spiro atoms. The summed E-state index contributed by atoms with van der Waals surface area (Å²) in [6.07, 6.45) is 53.0. The van der Waals surface area contributed by atoms with Gasteiger partial charge in [-0.15, -0.1) is 0 Å². The van der Waals surface area contributed by atoms with E-state index in [0.717, 1.165) is 70.6 Å². The Bertz CT molecular complexity index is 1140. The number of esters is 1. The Kier molecular flexibility index (Phi) is 43.4. The molecule has 11 heteroatoms. The number of carbonyl (C=O) groups excluding carboxylic acids is 1. The number of hydrogen-bond acceptors (Lipinski definition) is 8. The van der Waals surface area contributed by atoms with Crippen LogP contribution in [0, 0.1) is 0 Å². The zero-order valence-electron chi connectivity index (χ0n) is 38.3. The zero-order chi connectivity index (χ0) is 44.0. The molecular formula is C49H90NO9P. The van der Waals surface area contributed by atoms with E-state index in [1.807, 2.05) is 0 Å². The van der Waals surface area contributed by atoms with Crippen molar-refractivity contribution in [1.82, 2.24) is 0 Å². The summed E-state index contributed by atoms with van der Waals surface area (Å²) >= 11 is 0. The number of aliphatic carboxylic acids is 1. The first-order chi connectivity index (χ1) is 29.2. The number of rotatable bonds is 46. The molecule has 0 rings (SSSR count). The predicted molar refractivity (Wildman–Crippen MR) is 249 cm³/mol. The Balaban J connectivity index is 4.21. The maximum atomic E-state index is 12.7. The van der Waals surface area contributed by atoms with Gasteiger partial charge in [0.15, 0.2) is 0 Å². The van der Waals surface area contributed by atoms with Crippen LogP contribution in [0.5, 0.6) is 0 Å². The number of ether oxygens (including phenoxy) is 2. The fourth-order valence-corrected chi connectivity index (χ4v) is 7.32. The third-order valence-corrected chi connectivity index (χ3v) is 11.3. The van der Waals surface area contributed by atoms with Gasteiger partial charge in [-0.25, -0.2) is 4.57 Å². The molecule has 350 valence electrons. The number of carboxylic acids is 1. The highest BCUT2D eigenvalue weighted by Crippen LogP contribution is 2.43. The second kappa shape index (κ2) is 45.0. The first-order valence-corrected chi connectivity index (χ1v) is 25.7. The smallest absolute Gasteiger partial charge is 0.472 e. The van der Waals surface area contributed by atoms with E-state index >= 15 is 0 Å². The molecule has 10 nitrogen and oxygen atoms in total. The number of phosphoric ester groups is 1. The molecule has 0 amide bonds. The summed E-state index contributed by atoms with van der Waals surface area (Å²) in [5, 5.41) is 8.92. The van der Waals surface area contributed by atoms with Crippen molar-refractivity contribution in [2.75, 3.05) is 26.4 Å². The molecule has 0 aromatic rings. The van der Waals surface area contributed by atoms with Crippen molar-refractivity contribution in [1.29, 1.82) is 0 Å². The van der Waals surface area contributed by atoms with Crippen LogP contribution >= 0.6 is 7.82 Å². The number of unbranched alkanes of at least 4 members (excludes halogenated alkanes) is 24. The maximum Gasteiger partial charge on any atom is 0.472 e. The minimum absolute atomic E-state index is 0.00907. The van der Waals surface area contributed by atoms with Crippen LogP contribution in [0.2, 0.25) is 0 Å².